The van der Waals surface area contributed by atoms with Crippen molar-refractivity contribution in [1.29, 1.82) is 0 Å². The Hall–Kier alpha value is -2.56. The Labute approximate surface area is 231 Å². The van der Waals surface area contributed by atoms with Crippen LogP contribution in [0.1, 0.15) is 44.6 Å². The number of sulfonamides is 1. The molecule has 0 unspecified atom stereocenters. The smallest absolute Gasteiger partial charge is 0.284 e. The molecule has 0 N–H and O–H groups in total. The van der Waals surface area contributed by atoms with Gasteiger partial charge in [0.1, 0.15) is 0 Å². The van der Waals surface area contributed by atoms with E-state index in [0.717, 1.165) is 34.6 Å². The average molecular weight is 608 g/mol. The minimum atomic E-state index is -4.01. The maximum absolute atomic E-state index is 13.1. The second kappa shape index (κ2) is 13.8. The summed E-state index contributed by atoms with van der Waals surface area (Å²) in [6.45, 7) is 6.61. The van der Waals surface area contributed by atoms with E-state index in [2.05, 4.69) is 33.8 Å². The van der Waals surface area contributed by atoms with Crippen molar-refractivity contribution in [3.63, 3.8) is 0 Å². The molecular formula is C27H31BrN2O5S2. The number of benzene rings is 2. The van der Waals surface area contributed by atoms with Crippen molar-refractivity contribution in [3.8, 4) is 11.5 Å². The lowest BCUT2D eigenvalue weighted by Crippen LogP contribution is -2.29. The van der Waals surface area contributed by atoms with Crippen LogP contribution in [0.5, 0.6) is 11.5 Å². The maximum atomic E-state index is 13.1. The molecule has 37 heavy (non-hydrogen) atoms. The van der Waals surface area contributed by atoms with Crippen LogP contribution in [0.3, 0.4) is 0 Å². The zero-order valence-corrected chi connectivity index (χ0v) is 24.2. The van der Waals surface area contributed by atoms with Crippen LogP contribution in [0.4, 0.5) is 0 Å². The molecule has 1 amide bonds. The molecule has 1 saturated heterocycles. The van der Waals surface area contributed by atoms with Gasteiger partial charge in [0.25, 0.3) is 15.9 Å². The number of nitrogens with zero attached hydrogens (tertiary/aromatic N) is 2. The van der Waals surface area contributed by atoms with E-state index in [-0.39, 0.29) is 22.5 Å². The van der Waals surface area contributed by atoms with Crippen molar-refractivity contribution in [3.05, 3.63) is 70.1 Å². The molecule has 7 nitrogen and oxygen atoms in total. The van der Waals surface area contributed by atoms with Crippen molar-refractivity contribution < 1.29 is 22.7 Å². The second-order valence-electron chi connectivity index (χ2n) is 8.29. The van der Waals surface area contributed by atoms with Crippen molar-refractivity contribution in [2.75, 3.05) is 20.3 Å². The van der Waals surface area contributed by atoms with Crippen LogP contribution in [-0.2, 0) is 14.8 Å². The lowest BCUT2D eigenvalue weighted by Gasteiger charge is -2.12. The number of hydrogen-bond donors (Lipinski definition) is 0. The monoisotopic (exact) mass is 606 g/mol. The Kier molecular flexibility index (Phi) is 10.8. The Morgan fingerprint density at radius 2 is 1.81 bits per heavy atom. The van der Waals surface area contributed by atoms with Crippen molar-refractivity contribution in [2.45, 2.75) is 43.9 Å². The lowest BCUT2D eigenvalue weighted by atomic mass is 10.1. The first kappa shape index (κ1) is 29.0. The topological polar surface area (TPSA) is 85.3 Å². The predicted molar refractivity (Wildman–Crippen MR) is 153 cm³/mol. The molecule has 3 rings (SSSR count). The number of carbonyl (C=O) groups excluding carboxylic acids is 1. The van der Waals surface area contributed by atoms with Gasteiger partial charge in [-0.15, -0.1) is 11.0 Å². The summed E-state index contributed by atoms with van der Waals surface area (Å²) in [4.78, 5) is 14.8. The number of ether oxygens (including phenoxy) is 2. The Bertz CT molecular complexity index is 1270. The third-order valence-corrected chi connectivity index (χ3v) is 8.43. The molecule has 1 fully saturated rings. The molecule has 2 aromatic carbocycles. The molecule has 0 aliphatic carbocycles. The molecule has 0 radical (unpaired) electrons. The number of carbonyl (C=O) groups is 1. The first-order valence-corrected chi connectivity index (χ1v) is 15.1. The van der Waals surface area contributed by atoms with Crippen LogP contribution in [0.15, 0.2) is 73.8 Å². The number of thioether (sulfide) groups is 1. The number of rotatable bonds is 13. The van der Waals surface area contributed by atoms with Crippen LogP contribution in [0, 0.1) is 0 Å². The van der Waals surface area contributed by atoms with E-state index in [1.54, 1.807) is 31.4 Å². The molecule has 0 atom stereocenters. The summed E-state index contributed by atoms with van der Waals surface area (Å²) in [7, 11) is -2.44. The van der Waals surface area contributed by atoms with Crippen molar-refractivity contribution in [1.82, 2.24) is 4.90 Å². The summed E-state index contributed by atoms with van der Waals surface area (Å²) in [5.74, 6) is 0.857. The Morgan fingerprint density at radius 1 is 1.08 bits per heavy atom. The summed E-state index contributed by atoms with van der Waals surface area (Å²) in [6.07, 6.45) is 8.96. The molecule has 0 saturated carbocycles. The fraction of sp³-hybridized carbons (Fsp3) is 0.333. The van der Waals surface area contributed by atoms with Gasteiger partial charge in [0.2, 0.25) is 0 Å². The van der Waals surface area contributed by atoms with Gasteiger partial charge in [-0.25, -0.2) is 0 Å². The number of amidine groups is 1. The molecule has 198 valence electrons. The largest absolute Gasteiger partial charge is 0.493 e. The van der Waals surface area contributed by atoms with Gasteiger partial charge in [-0.2, -0.15) is 8.42 Å². The van der Waals surface area contributed by atoms with Crippen LogP contribution in [0.2, 0.25) is 0 Å². The van der Waals surface area contributed by atoms with Gasteiger partial charge < -0.3 is 9.47 Å². The van der Waals surface area contributed by atoms with Gasteiger partial charge in [-0.05, 0) is 66.2 Å². The van der Waals surface area contributed by atoms with E-state index < -0.39 is 10.0 Å². The van der Waals surface area contributed by atoms with Gasteiger partial charge in [0.15, 0.2) is 16.7 Å². The van der Waals surface area contributed by atoms with Gasteiger partial charge in [0, 0.05) is 11.0 Å². The van der Waals surface area contributed by atoms with Crippen LogP contribution >= 0.6 is 27.7 Å². The van der Waals surface area contributed by atoms with E-state index in [0.29, 0.717) is 23.0 Å². The van der Waals surface area contributed by atoms with E-state index in [1.165, 1.54) is 42.4 Å². The fourth-order valence-corrected chi connectivity index (χ4v) is 6.01. The predicted octanol–water partition coefficient (Wildman–Crippen LogP) is 6.65. The molecule has 1 aliphatic rings. The van der Waals surface area contributed by atoms with E-state index in [1.807, 2.05) is 12.1 Å². The summed E-state index contributed by atoms with van der Waals surface area (Å²) < 4.78 is 41.9. The highest BCUT2D eigenvalue weighted by Gasteiger charge is 2.34. The number of halogens is 1. The number of hydrogen-bond acceptors (Lipinski definition) is 6. The standard InChI is InChI=1S/C27H31BrN2O5S2/c1-4-6-7-8-9-17-35-23-15-10-20(18-24(23)34-3)19-25-26(31)30(16-5-2)27(36-25)29-37(32,33)22-13-11-21(28)12-14-22/h5,10-15,18-19H,2,4,6-9,16-17H2,1,3H3/b25-19-,29-27?. The molecule has 1 heterocycles. The van der Waals surface area contributed by atoms with Crippen LogP contribution in [0.25, 0.3) is 6.08 Å². The first-order chi connectivity index (χ1) is 17.8. The van der Waals surface area contributed by atoms with Crippen LogP contribution in [-0.4, -0.2) is 44.7 Å². The number of unbranched alkanes of at least 4 members (excludes halogenated alkanes) is 4. The second-order valence-corrected chi connectivity index (χ2v) is 11.8. The molecule has 1 aliphatic heterocycles. The number of amides is 1. The highest BCUT2D eigenvalue weighted by Crippen LogP contribution is 2.35. The Morgan fingerprint density at radius 3 is 2.49 bits per heavy atom. The molecule has 0 aromatic heterocycles. The van der Waals surface area contributed by atoms with Gasteiger partial charge in [-0.3, -0.25) is 9.69 Å². The molecule has 2 aromatic rings. The summed E-state index contributed by atoms with van der Waals surface area (Å²) in [6, 6.07) is 11.6. The first-order valence-electron chi connectivity index (χ1n) is 12.0. The SMILES string of the molecule is C=CCN1C(=O)/C(=C/c2ccc(OCCCCCCC)c(OC)c2)SC1=NS(=O)(=O)c1ccc(Br)cc1. The normalized spacial score (nSPS) is 16.0. The van der Waals surface area contributed by atoms with E-state index in [4.69, 9.17) is 9.47 Å². The van der Waals surface area contributed by atoms with Gasteiger partial charge >= 0.3 is 0 Å². The maximum Gasteiger partial charge on any atom is 0.284 e. The van der Waals surface area contributed by atoms with Gasteiger partial charge in [0.05, 0.1) is 23.5 Å². The van der Waals surface area contributed by atoms with E-state index >= 15 is 0 Å². The fourth-order valence-electron chi connectivity index (χ4n) is 3.56. The van der Waals surface area contributed by atoms with Crippen molar-refractivity contribution >= 4 is 54.9 Å². The number of methoxy groups -OCH3 is 1. The van der Waals surface area contributed by atoms with Crippen molar-refractivity contribution in [2.24, 2.45) is 4.40 Å². The lowest BCUT2D eigenvalue weighted by molar-refractivity contribution is -0.121. The van der Waals surface area contributed by atoms with E-state index in [9.17, 15) is 13.2 Å². The quantitative estimate of drug-likeness (QED) is 0.144. The molecule has 10 heteroatoms. The highest BCUT2D eigenvalue weighted by atomic mass is 79.9. The van der Waals surface area contributed by atoms with Crippen LogP contribution < -0.4 is 9.47 Å². The Balaban J connectivity index is 1.80. The summed E-state index contributed by atoms with van der Waals surface area (Å²) in [5.41, 5.74) is 0.721. The average Bonchev–Trinajstić information content (AvgIpc) is 3.15. The zero-order chi connectivity index (χ0) is 26.8. The minimum absolute atomic E-state index is 0.0397. The molecule has 0 bridgehead atoms. The molecule has 0 spiro atoms. The third-order valence-electron chi connectivity index (χ3n) is 5.50. The highest BCUT2D eigenvalue weighted by molar-refractivity contribution is 9.10. The molecular weight excluding hydrogens is 576 g/mol. The zero-order valence-electron chi connectivity index (χ0n) is 21.0. The minimum Gasteiger partial charge on any atom is -0.493 e. The van der Waals surface area contributed by atoms with Gasteiger partial charge in [-0.1, -0.05) is 60.7 Å². The summed E-state index contributed by atoms with van der Waals surface area (Å²) >= 11 is 4.30. The summed E-state index contributed by atoms with van der Waals surface area (Å²) in [5, 5.41) is 0.0778. The third kappa shape index (κ3) is 7.96.